The van der Waals surface area contributed by atoms with Crippen LogP contribution in [0.1, 0.15) is 55.7 Å². The summed E-state index contributed by atoms with van der Waals surface area (Å²) in [6, 6.07) is 12.5. The first-order valence-electron chi connectivity index (χ1n) is 11.9. The third kappa shape index (κ3) is 5.51. The van der Waals surface area contributed by atoms with Crippen LogP contribution in [-0.2, 0) is 11.3 Å². The molecule has 0 saturated carbocycles. The molecule has 0 bridgehead atoms. The predicted molar refractivity (Wildman–Crippen MR) is 128 cm³/mol. The molecule has 0 spiro atoms. The van der Waals surface area contributed by atoms with Gasteiger partial charge in [0, 0.05) is 31.7 Å². The lowest BCUT2D eigenvalue weighted by Crippen LogP contribution is -2.42. The van der Waals surface area contributed by atoms with Crippen LogP contribution in [0.5, 0.6) is 0 Å². The van der Waals surface area contributed by atoms with Gasteiger partial charge in [0.25, 0.3) is 0 Å². The summed E-state index contributed by atoms with van der Waals surface area (Å²) in [5.41, 5.74) is 2.10. The van der Waals surface area contributed by atoms with Crippen molar-refractivity contribution in [1.29, 1.82) is 0 Å². The lowest BCUT2D eigenvalue weighted by Gasteiger charge is -2.26. The van der Waals surface area contributed by atoms with Crippen LogP contribution >= 0.6 is 0 Å². The molecular weight excluding hydrogens is 402 g/mol. The Bertz CT molecular complexity index is 915. The van der Waals surface area contributed by atoms with Gasteiger partial charge in [-0.15, -0.1) is 0 Å². The van der Waals surface area contributed by atoms with Crippen LogP contribution in [0.15, 0.2) is 45.8 Å². The first-order valence-corrected chi connectivity index (χ1v) is 11.9. The maximum Gasteiger partial charge on any atom is 0.227 e. The van der Waals surface area contributed by atoms with Crippen LogP contribution in [0, 0.1) is 6.92 Å². The Morgan fingerprint density at radius 3 is 2.47 bits per heavy atom. The van der Waals surface area contributed by atoms with Gasteiger partial charge >= 0.3 is 0 Å². The summed E-state index contributed by atoms with van der Waals surface area (Å²) in [5, 5.41) is 6.88. The second-order valence-electron chi connectivity index (χ2n) is 8.60. The average Bonchev–Trinajstić information content (AvgIpc) is 3.56. The highest BCUT2D eigenvalue weighted by Crippen LogP contribution is 2.26. The fourth-order valence-electron chi connectivity index (χ4n) is 4.50. The Labute approximate surface area is 190 Å². The second-order valence-corrected chi connectivity index (χ2v) is 8.60. The van der Waals surface area contributed by atoms with Crippen molar-refractivity contribution in [3.8, 4) is 0 Å². The Morgan fingerprint density at radius 2 is 1.84 bits per heavy atom. The van der Waals surface area contributed by atoms with E-state index in [1.165, 1.54) is 12.8 Å². The SMILES string of the molecule is CCNC(=NCc1ccc(N2CCCC2=O)cc1)NCC(c1ccc(C)o1)N1CCCC1. The number of likely N-dealkylation sites (tertiary alicyclic amines) is 1. The third-order valence-corrected chi connectivity index (χ3v) is 6.22. The predicted octanol–water partition coefficient (Wildman–Crippen LogP) is 3.61. The van der Waals surface area contributed by atoms with E-state index >= 15 is 0 Å². The van der Waals surface area contributed by atoms with E-state index < -0.39 is 0 Å². The molecule has 1 amide bonds. The minimum absolute atomic E-state index is 0.201. The van der Waals surface area contributed by atoms with Crippen molar-refractivity contribution < 1.29 is 9.21 Å². The van der Waals surface area contributed by atoms with Gasteiger partial charge in [0.1, 0.15) is 11.5 Å². The summed E-state index contributed by atoms with van der Waals surface area (Å²) in [6.07, 6.45) is 4.07. The van der Waals surface area contributed by atoms with Crippen LogP contribution in [-0.4, -0.2) is 49.5 Å². The summed E-state index contributed by atoms with van der Waals surface area (Å²) >= 11 is 0. The number of hydrogen-bond acceptors (Lipinski definition) is 4. The number of carbonyl (C=O) groups is 1. The molecule has 0 aliphatic carbocycles. The molecule has 32 heavy (non-hydrogen) atoms. The molecule has 7 heteroatoms. The van der Waals surface area contributed by atoms with Gasteiger partial charge in [0.05, 0.1) is 12.6 Å². The van der Waals surface area contributed by atoms with E-state index in [4.69, 9.17) is 9.41 Å². The standard InChI is InChI=1S/C25H35N5O2/c1-3-26-25(27-17-20-9-11-21(12-10-20)30-16-6-7-24(30)31)28-18-22(29-14-4-5-15-29)23-13-8-19(2)32-23/h8-13,22H,3-7,14-18H2,1-2H3,(H2,26,27,28). The molecule has 0 radical (unpaired) electrons. The highest BCUT2D eigenvalue weighted by atomic mass is 16.3. The Kier molecular flexibility index (Phi) is 7.47. The van der Waals surface area contributed by atoms with Crippen molar-refractivity contribution in [3.05, 3.63) is 53.5 Å². The molecule has 1 aromatic heterocycles. The van der Waals surface area contributed by atoms with Gasteiger partial charge in [-0.25, -0.2) is 4.99 Å². The summed E-state index contributed by atoms with van der Waals surface area (Å²) < 4.78 is 5.97. The number of anilines is 1. The van der Waals surface area contributed by atoms with Crippen LogP contribution < -0.4 is 15.5 Å². The number of rotatable bonds is 8. The lowest BCUT2D eigenvalue weighted by atomic mass is 10.2. The van der Waals surface area contributed by atoms with Gasteiger partial charge in [-0.1, -0.05) is 12.1 Å². The molecule has 3 heterocycles. The number of aryl methyl sites for hydroxylation is 1. The van der Waals surface area contributed by atoms with Crippen molar-refractivity contribution in [2.75, 3.05) is 37.6 Å². The van der Waals surface area contributed by atoms with E-state index in [0.29, 0.717) is 13.0 Å². The molecular formula is C25H35N5O2. The van der Waals surface area contributed by atoms with Crippen LogP contribution in [0.2, 0.25) is 0 Å². The van der Waals surface area contributed by atoms with Gasteiger partial charge in [-0.2, -0.15) is 0 Å². The van der Waals surface area contributed by atoms with Crippen LogP contribution in [0.3, 0.4) is 0 Å². The normalized spacial score (nSPS) is 18.4. The van der Waals surface area contributed by atoms with Gasteiger partial charge in [-0.05, 0) is 76.0 Å². The van der Waals surface area contributed by atoms with E-state index in [2.05, 4.69) is 40.7 Å². The zero-order valence-electron chi connectivity index (χ0n) is 19.3. The highest BCUT2D eigenvalue weighted by molar-refractivity contribution is 5.95. The van der Waals surface area contributed by atoms with E-state index in [1.54, 1.807) is 0 Å². The number of nitrogens with one attached hydrogen (secondary N) is 2. The number of guanidine groups is 1. The van der Waals surface area contributed by atoms with Gasteiger partial charge in [0.15, 0.2) is 5.96 Å². The molecule has 2 aliphatic rings. The van der Waals surface area contributed by atoms with Crippen LogP contribution in [0.25, 0.3) is 0 Å². The van der Waals surface area contributed by atoms with E-state index in [0.717, 1.165) is 67.9 Å². The molecule has 172 valence electrons. The molecule has 1 unspecified atom stereocenters. The quantitative estimate of drug-likeness (QED) is 0.488. The van der Waals surface area contributed by atoms with Crippen molar-refractivity contribution in [2.24, 2.45) is 4.99 Å². The summed E-state index contributed by atoms with van der Waals surface area (Å²) in [5.74, 6) is 2.98. The van der Waals surface area contributed by atoms with Gasteiger partial charge < -0.3 is 20.0 Å². The average molecular weight is 438 g/mol. The van der Waals surface area contributed by atoms with Crippen molar-refractivity contribution in [3.63, 3.8) is 0 Å². The maximum atomic E-state index is 12.0. The lowest BCUT2D eigenvalue weighted by molar-refractivity contribution is -0.117. The van der Waals surface area contributed by atoms with Gasteiger partial charge in [0.2, 0.25) is 5.91 Å². The molecule has 2 aromatic rings. The van der Waals surface area contributed by atoms with Crippen LogP contribution in [0.4, 0.5) is 5.69 Å². The first-order chi connectivity index (χ1) is 15.6. The topological polar surface area (TPSA) is 73.1 Å². The zero-order valence-corrected chi connectivity index (χ0v) is 19.3. The summed E-state index contributed by atoms with van der Waals surface area (Å²) in [4.78, 5) is 21.1. The van der Waals surface area contributed by atoms with E-state index in [9.17, 15) is 4.79 Å². The molecule has 2 saturated heterocycles. The molecule has 1 atom stereocenters. The zero-order chi connectivity index (χ0) is 22.3. The minimum Gasteiger partial charge on any atom is -0.465 e. The number of benzene rings is 1. The maximum absolute atomic E-state index is 12.0. The molecule has 7 nitrogen and oxygen atoms in total. The molecule has 4 rings (SSSR count). The van der Waals surface area contributed by atoms with Gasteiger partial charge in [-0.3, -0.25) is 9.69 Å². The number of nitrogens with zero attached hydrogens (tertiary/aromatic N) is 3. The number of aliphatic imine (C=N–C) groups is 1. The fraction of sp³-hybridized carbons (Fsp3) is 0.520. The second kappa shape index (κ2) is 10.7. The molecule has 2 fully saturated rings. The van der Waals surface area contributed by atoms with E-state index in [1.807, 2.05) is 30.0 Å². The Morgan fingerprint density at radius 1 is 1.06 bits per heavy atom. The fourth-order valence-corrected chi connectivity index (χ4v) is 4.50. The summed E-state index contributed by atoms with van der Waals surface area (Å²) in [6.45, 7) is 9.22. The monoisotopic (exact) mass is 437 g/mol. The van der Waals surface area contributed by atoms with E-state index in [-0.39, 0.29) is 11.9 Å². The third-order valence-electron chi connectivity index (χ3n) is 6.22. The number of carbonyl (C=O) groups excluding carboxylic acids is 1. The number of hydrogen-bond donors (Lipinski definition) is 2. The van der Waals surface area contributed by atoms with Crippen molar-refractivity contribution >= 4 is 17.6 Å². The van der Waals surface area contributed by atoms with Crippen molar-refractivity contribution in [2.45, 2.75) is 52.1 Å². The smallest absolute Gasteiger partial charge is 0.227 e. The molecule has 2 aliphatic heterocycles. The Hall–Kier alpha value is -2.80. The number of amides is 1. The Balaban J connectivity index is 1.39. The highest BCUT2D eigenvalue weighted by Gasteiger charge is 2.26. The summed E-state index contributed by atoms with van der Waals surface area (Å²) in [7, 11) is 0. The minimum atomic E-state index is 0.201. The first kappa shape index (κ1) is 22.4. The van der Waals surface area contributed by atoms with Crippen molar-refractivity contribution in [1.82, 2.24) is 15.5 Å². The largest absolute Gasteiger partial charge is 0.465 e. The number of furan rings is 1. The molecule has 1 aromatic carbocycles. The molecule has 2 N–H and O–H groups in total.